The fourth-order valence-electron chi connectivity index (χ4n) is 3.87. The molecule has 2 atom stereocenters. The lowest BCUT2D eigenvalue weighted by Crippen LogP contribution is -2.50. The zero-order chi connectivity index (χ0) is 15.3. The van der Waals surface area contributed by atoms with Gasteiger partial charge < -0.3 is 15.7 Å². The SMILES string of the molecule is CCC1(CNC(=O)NC2CCCCC2C(=O)O)CCCC1. The predicted octanol–water partition coefficient (Wildman–Crippen LogP) is 2.90. The summed E-state index contributed by atoms with van der Waals surface area (Å²) in [7, 11) is 0. The zero-order valence-electron chi connectivity index (χ0n) is 13.0. The molecule has 5 heteroatoms. The van der Waals surface area contributed by atoms with Crippen LogP contribution in [0, 0.1) is 11.3 Å². The van der Waals surface area contributed by atoms with E-state index >= 15 is 0 Å². The second-order valence-corrected chi connectivity index (χ2v) is 6.72. The third-order valence-corrected chi connectivity index (χ3v) is 5.44. The Labute approximate surface area is 126 Å². The summed E-state index contributed by atoms with van der Waals surface area (Å²) in [6.45, 7) is 2.90. The van der Waals surface area contributed by atoms with Crippen LogP contribution < -0.4 is 10.6 Å². The van der Waals surface area contributed by atoms with Crippen LogP contribution in [0.5, 0.6) is 0 Å². The van der Waals surface area contributed by atoms with Crippen LogP contribution in [0.2, 0.25) is 0 Å². The third kappa shape index (κ3) is 4.11. The van der Waals surface area contributed by atoms with Gasteiger partial charge in [0, 0.05) is 12.6 Å². The summed E-state index contributed by atoms with van der Waals surface area (Å²) in [5, 5.41) is 15.1. The Morgan fingerprint density at radius 3 is 2.43 bits per heavy atom. The van der Waals surface area contributed by atoms with E-state index in [1.807, 2.05) is 0 Å². The maximum Gasteiger partial charge on any atom is 0.315 e. The van der Waals surface area contributed by atoms with Crippen molar-refractivity contribution in [3.8, 4) is 0 Å². The van der Waals surface area contributed by atoms with Gasteiger partial charge in [-0.2, -0.15) is 0 Å². The number of hydrogen-bond acceptors (Lipinski definition) is 2. The number of carbonyl (C=O) groups excluding carboxylic acids is 1. The highest BCUT2D eigenvalue weighted by Gasteiger charge is 2.34. The highest BCUT2D eigenvalue weighted by atomic mass is 16.4. The van der Waals surface area contributed by atoms with Gasteiger partial charge in [0.05, 0.1) is 5.92 Å². The molecule has 0 radical (unpaired) electrons. The number of carboxylic acids is 1. The van der Waals surface area contributed by atoms with Gasteiger partial charge in [-0.05, 0) is 37.5 Å². The number of carbonyl (C=O) groups is 2. The molecule has 0 bridgehead atoms. The molecule has 0 spiro atoms. The molecule has 2 aliphatic rings. The van der Waals surface area contributed by atoms with Crippen LogP contribution in [0.1, 0.15) is 64.7 Å². The first kappa shape index (κ1) is 16.1. The standard InChI is InChI=1S/C16H28N2O3/c1-2-16(9-5-6-10-16)11-17-15(21)18-13-8-4-3-7-12(13)14(19)20/h12-13H,2-11H2,1H3,(H,19,20)(H2,17,18,21). The summed E-state index contributed by atoms with van der Waals surface area (Å²) in [6, 6.07) is -0.426. The lowest BCUT2D eigenvalue weighted by Gasteiger charge is -2.31. The minimum atomic E-state index is -0.791. The van der Waals surface area contributed by atoms with Crippen molar-refractivity contribution >= 4 is 12.0 Å². The predicted molar refractivity (Wildman–Crippen MR) is 81.1 cm³/mol. The van der Waals surface area contributed by atoms with Crippen molar-refractivity contribution in [2.45, 2.75) is 70.8 Å². The van der Waals surface area contributed by atoms with Crippen LogP contribution in [0.25, 0.3) is 0 Å². The van der Waals surface area contributed by atoms with Gasteiger partial charge in [0.2, 0.25) is 0 Å². The number of rotatable bonds is 5. The second kappa shape index (κ2) is 7.14. The minimum Gasteiger partial charge on any atom is -0.481 e. The van der Waals surface area contributed by atoms with Crippen molar-refractivity contribution in [1.82, 2.24) is 10.6 Å². The Hall–Kier alpha value is -1.26. The van der Waals surface area contributed by atoms with E-state index < -0.39 is 11.9 Å². The average molecular weight is 296 g/mol. The summed E-state index contributed by atoms with van der Waals surface area (Å²) in [6.07, 6.45) is 9.33. The fraction of sp³-hybridized carbons (Fsp3) is 0.875. The summed E-state index contributed by atoms with van der Waals surface area (Å²) in [5.41, 5.74) is 0.260. The molecule has 2 unspecified atom stereocenters. The topological polar surface area (TPSA) is 78.4 Å². The highest BCUT2D eigenvalue weighted by Crippen LogP contribution is 2.40. The Morgan fingerprint density at radius 1 is 1.14 bits per heavy atom. The maximum atomic E-state index is 12.1. The number of urea groups is 1. The molecular weight excluding hydrogens is 268 g/mol. The van der Waals surface area contributed by atoms with E-state index in [0.29, 0.717) is 13.0 Å². The molecule has 120 valence electrons. The smallest absolute Gasteiger partial charge is 0.315 e. The third-order valence-electron chi connectivity index (χ3n) is 5.44. The van der Waals surface area contributed by atoms with Crippen LogP contribution in [-0.2, 0) is 4.79 Å². The van der Waals surface area contributed by atoms with E-state index in [-0.39, 0.29) is 17.5 Å². The van der Waals surface area contributed by atoms with Crippen molar-refractivity contribution in [3.63, 3.8) is 0 Å². The van der Waals surface area contributed by atoms with Gasteiger partial charge in [0.1, 0.15) is 0 Å². The molecule has 2 amide bonds. The molecule has 3 N–H and O–H groups in total. The van der Waals surface area contributed by atoms with Gasteiger partial charge in [0.15, 0.2) is 0 Å². The lowest BCUT2D eigenvalue weighted by atomic mass is 9.83. The van der Waals surface area contributed by atoms with Crippen LogP contribution >= 0.6 is 0 Å². The number of amides is 2. The first-order valence-corrected chi connectivity index (χ1v) is 8.33. The summed E-state index contributed by atoms with van der Waals surface area (Å²) < 4.78 is 0. The molecule has 5 nitrogen and oxygen atoms in total. The molecule has 0 aromatic carbocycles. The molecule has 2 fully saturated rings. The Balaban J connectivity index is 1.81. The van der Waals surface area contributed by atoms with E-state index in [4.69, 9.17) is 0 Å². The molecular formula is C16H28N2O3. The first-order chi connectivity index (χ1) is 10.1. The minimum absolute atomic E-state index is 0.201. The number of nitrogens with one attached hydrogen (secondary N) is 2. The number of carboxylic acid groups (broad SMARTS) is 1. The van der Waals surface area contributed by atoms with Crippen molar-refractivity contribution in [3.05, 3.63) is 0 Å². The van der Waals surface area contributed by atoms with Gasteiger partial charge in [-0.15, -0.1) is 0 Å². The monoisotopic (exact) mass is 296 g/mol. The van der Waals surface area contributed by atoms with Crippen LogP contribution in [0.15, 0.2) is 0 Å². The molecule has 2 rings (SSSR count). The van der Waals surface area contributed by atoms with Crippen molar-refractivity contribution < 1.29 is 14.7 Å². The average Bonchev–Trinajstić information content (AvgIpc) is 2.95. The van der Waals surface area contributed by atoms with Crippen LogP contribution in [0.4, 0.5) is 4.79 Å². The lowest BCUT2D eigenvalue weighted by molar-refractivity contribution is -0.143. The van der Waals surface area contributed by atoms with E-state index in [1.54, 1.807) is 0 Å². The van der Waals surface area contributed by atoms with Gasteiger partial charge in [-0.3, -0.25) is 4.79 Å². The Bertz CT molecular complexity index is 378. The van der Waals surface area contributed by atoms with E-state index in [9.17, 15) is 14.7 Å². The molecule has 0 saturated heterocycles. The van der Waals surface area contributed by atoms with E-state index in [1.165, 1.54) is 25.7 Å². The number of hydrogen-bond donors (Lipinski definition) is 3. The molecule has 0 aromatic heterocycles. The number of aliphatic carboxylic acids is 1. The zero-order valence-corrected chi connectivity index (χ0v) is 13.0. The summed E-state index contributed by atoms with van der Waals surface area (Å²) >= 11 is 0. The highest BCUT2D eigenvalue weighted by molar-refractivity contribution is 5.76. The molecule has 0 aliphatic heterocycles. The van der Waals surface area contributed by atoms with Crippen molar-refractivity contribution in [2.24, 2.45) is 11.3 Å². The summed E-state index contributed by atoms with van der Waals surface area (Å²) in [5.74, 6) is -1.23. The Morgan fingerprint density at radius 2 is 1.81 bits per heavy atom. The molecule has 2 saturated carbocycles. The van der Waals surface area contributed by atoms with Gasteiger partial charge in [-0.25, -0.2) is 4.79 Å². The van der Waals surface area contributed by atoms with Crippen molar-refractivity contribution in [2.75, 3.05) is 6.54 Å². The second-order valence-electron chi connectivity index (χ2n) is 6.72. The maximum absolute atomic E-state index is 12.1. The van der Waals surface area contributed by atoms with Crippen LogP contribution in [0.3, 0.4) is 0 Å². The van der Waals surface area contributed by atoms with Crippen LogP contribution in [-0.4, -0.2) is 29.7 Å². The van der Waals surface area contributed by atoms with E-state index in [0.717, 1.165) is 25.7 Å². The van der Waals surface area contributed by atoms with E-state index in [2.05, 4.69) is 17.6 Å². The normalized spacial score (nSPS) is 28.0. The molecule has 21 heavy (non-hydrogen) atoms. The first-order valence-electron chi connectivity index (χ1n) is 8.33. The van der Waals surface area contributed by atoms with Gasteiger partial charge in [0.25, 0.3) is 0 Å². The fourth-order valence-corrected chi connectivity index (χ4v) is 3.87. The molecule has 2 aliphatic carbocycles. The van der Waals surface area contributed by atoms with Gasteiger partial charge >= 0.3 is 12.0 Å². The van der Waals surface area contributed by atoms with Crippen molar-refractivity contribution in [1.29, 1.82) is 0 Å². The molecule has 0 heterocycles. The Kier molecular flexibility index (Phi) is 5.48. The quantitative estimate of drug-likeness (QED) is 0.730. The van der Waals surface area contributed by atoms with Gasteiger partial charge in [-0.1, -0.05) is 32.6 Å². The largest absolute Gasteiger partial charge is 0.481 e. The summed E-state index contributed by atoms with van der Waals surface area (Å²) in [4.78, 5) is 23.3. The molecule has 0 aromatic rings.